The van der Waals surface area contributed by atoms with Gasteiger partial charge in [-0.05, 0) is 30.7 Å². The lowest BCUT2D eigenvalue weighted by Gasteiger charge is -2.14. The molecule has 1 aliphatic rings. The van der Waals surface area contributed by atoms with Crippen LogP contribution in [0, 0.1) is 5.92 Å². The number of hydrogen-bond donors (Lipinski definition) is 2. The summed E-state index contributed by atoms with van der Waals surface area (Å²) in [5.41, 5.74) is 0.932. The summed E-state index contributed by atoms with van der Waals surface area (Å²) >= 11 is 0. The van der Waals surface area contributed by atoms with Gasteiger partial charge in [0, 0.05) is 63.9 Å². The number of furan rings is 1. The summed E-state index contributed by atoms with van der Waals surface area (Å²) in [6.07, 6.45) is 4.41. The predicted molar refractivity (Wildman–Crippen MR) is 129 cm³/mol. The van der Waals surface area contributed by atoms with Crippen LogP contribution in [-0.2, 0) is 15.9 Å². The first-order valence-electron chi connectivity index (χ1n) is 10.2. The normalized spacial score (nSPS) is 16.2. The Bertz CT molecular complexity index is 734. The van der Waals surface area contributed by atoms with E-state index in [1.807, 2.05) is 36.4 Å². The number of hydrogen-bond acceptors (Lipinski definition) is 5. The van der Waals surface area contributed by atoms with Crippen molar-refractivity contribution < 1.29 is 18.6 Å². The number of guanidine groups is 1. The van der Waals surface area contributed by atoms with E-state index in [4.69, 9.17) is 23.6 Å². The van der Waals surface area contributed by atoms with Crippen LogP contribution in [0.1, 0.15) is 18.6 Å². The molecule has 1 unspecified atom stereocenters. The van der Waals surface area contributed by atoms with Gasteiger partial charge in [-0.25, -0.2) is 0 Å². The van der Waals surface area contributed by atoms with Crippen molar-refractivity contribution in [1.82, 2.24) is 5.32 Å². The van der Waals surface area contributed by atoms with Crippen molar-refractivity contribution in [3.05, 3.63) is 48.4 Å². The monoisotopic (exact) mass is 529 g/mol. The summed E-state index contributed by atoms with van der Waals surface area (Å²) in [6.45, 7) is 4.41. The van der Waals surface area contributed by atoms with Gasteiger partial charge in [0.05, 0.1) is 19.5 Å². The second-order valence-electron chi connectivity index (χ2n) is 7.02. The fourth-order valence-corrected chi connectivity index (χ4v) is 3.04. The number of nitrogens with zero attached hydrogens (tertiary/aromatic N) is 1. The van der Waals surface area contributed by atoms with Gasteiger partial charge in [0.1, 0.15) is 11.5 Å². The molecule has 166 valence electrons. The lowest BCUT2D eigenvalue weighted by molar-refractivity contribution is 0.172. The Morgan fingerprint density at radius 2 is 2.17 bits per heavy atom. The van der Waals surface area contributed by atoms with Gasteiger partial charge in [-0.15, -0.1) is 24.0 Å². The molecule has 2 heterocycles. The molecule has 0 amide bonds. The lowest BCUT2D eigenvalue weighted by Crippen LogP contribution is -2.33. The molecule has 3 rings (SSSR count). The molecule has 8 heteroatoms. The maximum atomic E-state index is 5.79. The van der Waals surface area contributed by atoms with Crippen LogP contribution in [-0.4, -0.2) is 52.6 Å². The van der Waals surface area contributed by atoms with E-state index in [1.54, 1.807) is 13.4 Å². The summed E-state index contributed by atoms with van der Waals surface area (Å²) in [5.74, 6) is 3.01. The standard InChI is InChI=1S/C22H31N3O4.HI/c1-26-11-4-13-29-21-6-2-5-19(15-21)25-22(24-16-18-9-14-27-17-18)23-10-8-20-7-3-12-28-20;/h2-3,5-7,12,15,18H,4,8-11,13-14,16-17H2,1H3,(H2,23,24,25);1H. The fourth-order valence-electron chi connectivity index (χ4n) is 3.04. The van der Waals surface area contributed by atoms with Gasteiger partial charge >= 0.3 is 0 Å². The highest BCUT2D eigenvalue weighted by molar-refractivity contribution is 14.0. The molecular weight excluding hydrogens is 497 g/mol. The van der Waals surface area contributed by atoms with Gasteiger partial charge < -0.3 is 29.3 Å². The molecule has 0 aliphatic carbocycles. The molecule has 1 atom stereocenters. The molecule has 0 spiro atoms. The Morgan fingerprint density at radius 1 is 1.23 bits per heavy atom. The van der Waals surface area contributed by atoms with Crippen LogP contribution in [0.5, 0.6) is 5.75 Å². The van der Waals surface area contributed by atoms with Crippen molar-refractivity contribution in [3.63, 3.8) is 0 Å². The van der Waals surface area contributed by atoms with Crippen LogP contribution in [0.4, 0.5) is 5.69 Å². The Balaban J connectivity index is 0.00000320. The Morgan fingerprint density at radius 3 is 2.93 bits per heavy atom. The molecule has 0 bridgehead atoms. The maximum absolute atomic E-state index is 5.79. The molecule has 7 nitrogen and oxygen atoms in total. The highest BCUT2D eigenvalue weighted by Crippen LogP contribution is 2.18. The Hall–Kier alpha value is -1.78. The molecule has 1 aliphatic heterocycles. The van der Waals surface area contributed by atoms with Crippen molar-refractivity contribution >= 4 is 35.6 Å². The molecule has 0 radical (unpaired) electrons. The van der Waals surface area contributed by atoms with Gasteiger partial charge in [-0.1, -0.05) is 6.07 Å². The summed E-state index contributed by atoms with van der Waals surface area (Å²) < 4.78 is 21.7. The van der Waals surface area contributed by atoms with E-state index in [1.165, 1.54) is 0 Å². The highest BCUT2D eigenvalue weighted by atomic mass is 127. The quantitative estimate of drug-likeness (QED) is 0.199. The minimum absolute atomic E-state index is 0. The van der Waals surface area contributed by atoms with Crippen molar-refractivity contribution in [3.8, 4) is 5.75 Å². The van der Waals surface area contributed by atoms with Gasteiger partial charge in [0.15, 0.2) is 5.96 Å². The van der Waals surface area contributed by atoms with Gasteiger partial charge in [0.25, 0.3) is 0 Å². The summed E-state index contributed by atoms with van der Waals surface area (Å²) in [5, 5.41) is 6.78. The number of rotatable bonds is 11. The van der Waals surface area contributed by atoms with E-state index in [0.29, 0.717) is 19.1 Å². The van der Waals surface area contributed by atoms with Crippen LogP contribution in [0.3, 0.4) is 0 Å². The molecule has 0 saturated carbocycles. The number of nitrogens with one attached hydrogen (secondary N) is 2. The van der Waals surface area contributed by atoms with Gasteiger partial charge in [0.2, 0.25) is 0 Å². The van der Waals surface area contributed by atoms with Crippen molar-refractivity contribution in [2.24, 2.45) is 10.9 Å². The van der Waals surface area contributed by atoms with E-state index in [-0.39, 0.29) is 24.0 Å². The number of halogens is 1. The minimum atomic E-state index is 0. The highest BCUT2D eigenvalue weighted by Gasteiger charge is 2.15. The number of ether oxygens (including phenoxy) is 3. The lowest BCUT2D eigenvalue weighted by atomic mass is 10.1. The first-order valence-corrected chi connectivity index (χ1v) is 10.2. The molecule has 2 aromatic rings. The summed E-state index contributed by atoms with van der Waals surface area (Å²) in [4.78, 5) is 4.76. The van der Waals surface area contributed by atoms with Gasteiger partial charge in [-0.2, -0.15) is 0 Å². The van der Waals surface area contributed by atoms with E-state index in [2.05, 4.69) is 10.6 Å². The van der Waals surface area contributed by atoms with E-state index < -0.39 is 0 Å². The Kier molecular flexibility index (Phi) is 11.6. The average Bonchev–Trinajstić information content (AvgIpc) is 3.44. The SMILES string of the molecule is COCCCOc1cccc(NC(=NCC2CCOC2)NCCc2ccco2)c1.I. The van der Waals surface area contributed by atoms with Crippen LogP contribution in [0.2, 0.25) is 0 Å². The van der Waals surface area contributed by atoms with Crippen molar-refractivity contribution in [1.29, 1.82) is 0 Å². The summed E-state index contributed by atoms with van der Waals surface area (Å²) in [7, 11) is 1.70. The molecule has 1 aromatic heterocycles. The molecule has 1 fully saturated rings. The third-order valence-electron chi connectivity index (χ3n) is 4.63. The largest absolute Gasteiger partial charge is 0.493 e. The van der Waals surface area contributed by atoms with E-state index in [9.17, 15) is 0 Å². The maximum Gasteiger partial charge on any atom is 0.195 e. The average molecular weight is 529 g/mol. The second-order valence-corrected chi connectivity index (χ2v) is 7.02. The molecular formula is C22H32IN3O4. The first kappa shape index (κ1) is 24.5. The molecule has 1 aromatic carbocycles. The number of methoxy groups -OCH3 is 1. The third-order valence-corrected chi connectivity index (χ3v) is 4.63. The first-order chi connectivity index (χ1) is 14.3. The molecule has 2 N–H and O–H groups in total. The van der Waals surface area contributed by atoms with Crippen LogP contribution < -0.4 is 15.4 Å². The smallest absolute Gasteiger partial charge is 0.195 e. The number of anilines is 1. The van der Waals surface area contributed by atoms with Crippen LogP contribution in [0.25, 0.3) is 0 Å². The fraction of sp³-hybridized carbons (Fsp3) is 0.500. The van der Waals surface area contributed by atoms with Crippen LogP contribution >= 0.6 is 24.0 Å². The van der Waals surface area contributed by atoms with Crippen LogP contribution in [0.15, 0.2) is 52.1 Å². The zero-order chi connectivity index (χ0) is 20.2. The zero-order valence-electron chi connectivity index (χ0n) is 17.5. The van der Waals surface area contributed by atoms with Gasteiger partial charge in [-0.3, -0.25) is 4.99 Å². The van der Waals surface area contributed by atoms with Crippen molar-refractivity contribution in [2.45, 2.75) is 19.3 Å². The van der Waals surface area contributed by atoms with E-state index >= 15 is 0 Å². The number of aliphatic imine (C=N–C) groups is 1. The predicted octanol–water partition coefficient (Wildman–Crippen LogP) is 3.95. The van der Waals surface area contributed by atoms with E-state index in [0.717, 1.165) is 68.7 Å². The molecule has 1 saturated heterocycles. The topological polar surface area (TPSA) is 77.2 Å². The Labute approximate surface area is 195 Å². The number of benzene rings is 1. The summed E-state index contributed by atoms with van der Waals surface area (Å²) in [6, 6.07) is 11.8. The van der Waals surface area contributed by atoms with Crippen molar-refractivity contribution in [2.75, 3.05) is 51.9 Å². The zero-order valence-corrected chi connectivity index (χ0v) is 19.8. The molecule has 30 heavy (non-hydrogen) atoms. The second kappa shape index (κ2) is 14.3. The minimum Gasteiger partial charge on any atom is -0.493 e. The third kappa shape index (κ3) is 8.93.